The SMILES string of the molecule is O=C(CNC(=O)c1ccc(Br)o1)NCC12CC3CC(CC(C3)C1)C2. The predicted molar refractivity (Wildman–Crippen MR) is 92.4 cm³/mol. The standard InChI is InChI=1S/C18H23BrN2O3/c19-15-2-1-14(24-15)17(23)20-9-16(22)21-10-18-6-11-3-12(7-18)5-13(4-11)8-18/h1-2,11-13H,3-10H2,(H,20,23)(H,21,22). The maximum atomic E-state index is 12.1. The number of carbonyl (C=O) groups excluding carboxylic acids is 2. The van der Waals surface area contributed by atoms with Gasteiger partial charge in [0.05, 0.1) is 6.54 Å². The van der Waals surface area contributed by atoms with Crippen molar-refractivity contribution in [2.24, 2.45) is 23.2 Å². The van der Waals surface area contributed by atoms with Crippen LogP contribution in [0.2, 0.25) is 0 Å². The zero-order valence-corrected chi connectivity index (χ0v) is 15.2. The Kier molecular flexibility index (Phi) is 4.19. The van der Waals surface area contributed by atoms with Gasteiger partial charge in [-0.05, 0) is 89.8 Å². The Morgan fingerprint density at radius 2 is 1.71 bits per heavy atom. The van der Waals surface area contributed by atoms with Crippen molar-refractivity contribution in [1.82, 2.24) is 10.6 Å². The number of carbonyl (C=O) groups is 2. The zero-order chi connectivity index (χ0) is 16.7. The van der Waals surface area contributed by atoms with Crippen LogP contribution in [0.4, 0.5) is 0 Å². The van der Waals surface area contributed by atoms with E-state index in [0.717, 1.165) is 24.3 Å². The Morgan fingerprint density at radius 1 is 1.08 bits per heavy atom. The Hall–Kier alpha value is -1.30. The van der Waals surface area contributed by atoms with Crippen LogP contribution in [0.5, 0.6) is 0 Å². The Balaban J connectivity index is 1.26. The fourth-order valence-corrected chi connectivity index (χ4v) is 5.85. The molecule has 24 heavy (non-hydrogen) atoms. The number of nitrogens with one attached hydrogen (secondary N) is 2. The highest BCUT2D eigenvalue weighted by molar-refractivity contribution is 9.10. The van der Waals surface area contributed by atoms with Crippen LogP contribution >= 0.6 is 15.9 Å². The molecule has 1 heterocycles. The quantitative estimate of drug-likeness (QED) is 0.805. The highest BCUT2D eigenvalue weighted by atomic mass is 79.9. The first kappa shape index (κ1) is 16.2. The van der Waals surface area contributed by atoms with Crippen LogP contribution in [0.3, 0.4) is 0 Å². The van der Waals surface area contributed by atoms with Crippen molar-refractivity contribution in [3.63, 3.8) is 0 Å². The van der Waals surface area contributed by atoms with Crippen molar-refractivity contribution in [3.05, 3.63) is 22.6 Å². The van der Waals surface area contributed by atoms with Crippen molar-refractivity contribution in [3.8, 4) is 0 Å². The van der Waals surface area contributed by atoms with Crippen LogP contribution in [0.1, 0.15) is 49.1 Å². The number of halogens is 1. The lowest BCUT2D eigenvalue weighted by molar-refractivity contribution is -0.122. The van der Waals surface area contributed by atoms with Crippen LogP contribution in [0.15, 0.2) is 21.2 Å². The highest BCUT2D eigenvalue weighted by Gasteiger charge is 2.50. The molecule has 0 unspecified atom stereocenters. The van der Waals surface area contributed by atoms with Gasteiger partial charge in [-0.1, -0.05) is 0 Å². The molecule has 6 heteroatoms. The van der Waals surface area contributed by atoms with E-state index in [0.29, 0.717) is 10.1 Å². The fourth-order valence-electron chi connectivity index (χ4n) is 5.54. The van der Waals surface area contributed by atoms with E-state index in [1.807, 2.05) is 0 Å². The average molecular weight is 395 g/mol. The summed E-state index contributed by atoms with van der Waals surface area (Å²) >= 11 is 3.16. The molecule has 4 fully saturated rings. The molecule has 5 rings (SSSR count). The summed E-state index contributed by atoms with van der Waals surface area (Å²) in [6.07, 6.45) is 8.02. The van der Waals surface area contributed by atoms with E-state index < -0.39 is 0 Å². The first-order valence-corrected chi connectivity index (χ1v) is 9.61. The van der Waals surface area contributed by atoms with E-state index in [-0.39, 0.29) is 24.1 Å². The molecule has 130 valence electrons. The average Bonchev–Trinajstić information content (AvgIpc) is 2.96. The van der Waals surface area contributed by atoms with E-state index in [4.69, 9.17) is 4.42 Å². The summed E-state index contributed by atoms with van der Waals surface area (Å²) in [4.78, 5) is 24.0. The number of amides is 2. The van der Waals surface area contributed by atoms with Gasteiger partial charge >= 0.3 is 0 Å². The van der Waals surface area contributed by atoms with Crippen LogP contribution in [0, 0.1) is 23.2 Å². The van der Waals surface area contributed by atoms with E-state index in [1.54, 1.807) is 12.1 Å². The third-order valence-electron chi connectivity index (χ3n) is 6.03. The molecular weight excluding hydrogens is 372 g/mol. The molecule has 0 saturated heterocycles. The molecule has 2 N–H and O–H groups in total. The Morgan fingerprint density at radius 3 is 2.25 bits per heavy atom. The van der Waals surface area contributed by atoms with Gasteiger partial charge in [0.25, 0.3) is 5.91 Å². The molecule has 2 amide bonds. The molecule has 0 aromatic carbocycles. The van der Waals surface area contributed by atoms with Crippen molar-refractivity contribution < 1.29 is 14.0 Å². The van der Waals surface area contributed by atoms with Gasteiger partial charge in [0, 0.05) is 6.54 Å². The van der Waals surface area contributed by atoms with E-state index in [9.17, 15) is 9.59 Å². The van der Waals surface area contributed by atoms with Gasteiger partial charge in [-0.15, -0.1) is 0 Å². The predicted octanol–water partition coefficient (Wildman–Crippen LogP) is 3.10. The molecule has 0 aliphatic heterocycles. The lowest BCUT2D eigenvalue weighted by Crippen LogP contribution is -2.52. The maximum Gasteiger partial charge on any atom is 0.287 e. The topological polar surface area (TPSA) is 71.3 Å². The van der Waals surface area contributed by atoms with E-state index in [1.165, 1.54) is 38.5 Å². The Bertz CT molecular complexity index is 619. The molecule has 4 saturated carbocycles. The lowest BCUT2D eigenvalue weighted by Gasteiger charge is -2.56. The highest BCUT2D eigenvalue weighted by Crippen LogP contribution is 2.59. The minimum absolute atomic E-state index is 0.0104. The second-order valence-corrected chi connectivity index (χ2v) is 8.76. The van der Waals surface area contributed by atoms with Gasteiger partial charge in [0.1, 0.15) is 0 Å². The summed E-state index contributed by atoms with van der Waals surface area (Å²) in [5.41, 5.74) is 0.320. The van der Waals surface area contributed by atoms with Crippen molar-refractivity contribution in [2.45, 2.75) is 38.5 Å². The second kappa shape index (κ2) is 6.21. The molecule has 1 aromatic heterocycles. The molecule has 4 bridgehead atoms. The smallest absolute Gasteiger partial charge is 0.287 e. The number of furan rings is 1. The number of hydrogen-bond acceptors (Lipinski definition) is 3. The third kappa shape index (κ3) is 3.25. The van der Waals surface area contributed by atoms with Gasteiger partial charge in [-0.25, -0.2) is 0 Å². The van der Waals surface area contributed by atoms with Crippen LogP contribution in [-0.2, 0) is 4.79 Å². The Labute approximate surface area is 150 Å². The van der Waals surface area contributed by atoms with Crippen molar-refractivity contribution >= 4 is 27.7 Å². The van der Waals surface area contributed by atoms with E-state index in [2.05, 4.69) is 26.6 Å². The monoisotopic (exact) mass is 394 g/mol. The van der Waals surface area contributed by atoms with Gasteiger partial charge in [0.2, 0.25) is 5.91 Å². The number of rotatable bonds is 5. The molecule has 1 aromatic rings. The fraction of sp³-hybridized carbons (Fsp3) is 0.667. The van der Waals surface area contributed by atoms with Crippen molar-refractivity contribution in [2.75, 3.05) is 13.1 Å². The van der Waals surface area contributed by atoms with Crippen LogP contribution < -0.4 is 10.6 Å². The van der Waals surface area contributed by atoms with Gasteiger partial charge in [-0.3, -0.25) is 9.59 Å². The summed E-state index contributed by atoms with van der Waals surface area (Å²) in [6, 6.07) is 3.23. The minimum Gasteiger partial charge on any atom is -0.444 e. The van der Waals surface area contributed by atoms with Crippen molar-refractivity contribution in [1.29, 1.82) is 0 Å². The van der Waals surface area contributed by atoms with Crippen LogP contribution in [0.25, 0.3) is 0 Å². The summed E-state index contributed by atoms with van der Waals surface area (Å²) in [6.45, 7) is 0.751. The van der Waals surface area contributed by atoms with Gasteiger partial charge in [-0.2, -0.15) is 0 Å². The molecular formula is C18H23BrN2O3. The summed E-state index contributed by atoms with van der Waals surface area (Å²) in [7, 11) is 0. The summed E-state index contributed by atoms with van der Waals surface area (Å²) in [5.74, 6) is 2.35. The first-order valence-electron chi connectivity index (χ1n) is 8.82. The molecule has 0 spiro atoms. The van der Waals surface area contributed by atoms with E-state index >= 15 is 0 Å². The molecule has 4 aliphatic carbocycles. The minimum atomic E-state index is -0.370. The summed E-state index contributed by atoms with van der Waals surface area (Å²) in [5, 5.41) is 5.66. The van der Waals surface area contributed by atoms with Crippen LogP contribution in [-0.4, -0.2) is 24.9 Å². The first-order chi connectivity index (χ1) is 11.5. The maximum absolute atomic E-state index is 12.1. The second-order valence-electron chi connectivity index (χ2n) is 7.98. The molecule has 0 atom stereocenters. The molecule has 4 aliphatic rings. The molecule has 0 radical (unpaired) electrons. The van der Waals surface area contributed by atoms with Gasteiger partial charge in [0.15, 0.2) is 10.4 Å². The summed E-state index contributed by atoms with van der Waals surface area (Å²) < 4.78 is 5.67. The number of hydrogen-bond donors (Lipinski definition) is 2. The zero-order valence-electron chi connectivity index (χ0n) is 13.6. The third-order valence-corrected chi connectivity index (χ3v) is 6.46. The normalized spacial score (nSPS) is 33.5. The lowest BCUT2D eigenvalue weighted by atomic mass is 9.49. The van der Waals surface area contributed by atoms with Gasteiger partial charge < -0.3 is 15.1 Å². The largest absolute Gasteiger partial charge is 0.444 e. The molecule has 5 nitrogen and oxygen atoms in total.